The monoisotopic (exact) mass is 390 g/mol. The third kappa shape index (κ3) is 4.44. The first-order chi connectivity index (χ1) is 13.4. The first-order valence-corrected chi connectivity index (χ1v) is 8.66. The second-order valence-electron chi connectivity index (χ2n) is 6.46. The Morgan fingerprint density at radius 3 is 2.25 bits per heavy atom. The quantitative estimate of drug-likeness (QED) is 0.405. The summed E-state index contributed by atoms with van der Waals surface area (Å²) < 4.78 is 10.8. The van der Waals surface area contributed by atoms with Gasteiger partial charge in [-0.25, -0.2) is 0 Å². The number of hydrogen-bond acceptors (Lipinski definition) is 8. The fraction of sp³-hybridized carbons (Fsp3) is 0.300. The zero-order valence-electron chi connectivity index (χ0n) is 14.8. The van der Waals surface area contributed by atoms with Gasteiger partial charge in [0.05, 0.1) is 6.61 Å². The van der Waals surface area contributed by atoms with Crippen molar-refractivity contribution >= 4 is 12.2 Å². The van der Waals surface area contributed by atoms with Gasteiger partial charge in [-0.3, -0.25) is 0 Å². The smallest absolute Gasteiger partial charge is 0.229 e. The van der Waals surface area contributed by atoms with Crippen molar-refractivity contribution < 1.29 is 40.1 Å². The number of phenols is 2. The van der Waals surface area contributed by atoms with E-state index >= 15 is 0 Å². The van der Waals surface area contributed by atoms with Crippen molar-refractivity contribution in [2.75, 3.05) is 6.61 Å². The van der Waals surface area contributed by atoms with E-state index in [1.165, 1.54) is 12.1 Å². The van der Waals surface area contributed by atoms with Gasteiger partial charge in [0, 0.05) is 11.6 Å². The maximum absolute atomic E-state index is 10.00. The summed E-state index contributed by atoms with van der Waals surface area (Å²) in [5.41, 5.74) is 1.34. The maximum atomic E-state index is 10.00. The Labute approximate surface area is 161 Å². The molecule has 1 fully saturated rings. The summed E-state index contributed by atoms with van der Waals surface area (Å²) in [6, 6.07) is 11.0. The number of aromatic hydroxyl groups is 2. The van der Waals surface area contributed by atoms with Crippen LogP contribution in [0.2, 0.25) is 0 Å². The summed E-state index contributed by atoms with van der Waals surface area (Å²) in [7, 11) is 0. The predicted molar refractivity (Wildman–Crippen MR) is 99.5 cm³/mol. The number of hydrogen-bond donors (Lipinski definition) is 6. The molecule has 1 aliphatic heterocycles. The second kappa shape index (κ2) is 8.59. The highest BCUT2D eigenvalue weighted by Gasteiger charge is 2.44. The third-order valence-electron chi connectivity index (χ3n) is 4.45. The molecule has 0 aromatic heterocycles. The molecule has 2 aromatic carbocycles. The van der Waals surface area contributed by atoms with E-state index in [-0.39, 0.29) is 11.5 Å². The molecule has 0 aliphatic carbocycles. The van der Waals surface area contributed by atoms with Crippen molar-refractivity contribution in [1.29, 1.82) is 0 Å². The lowest BCUT2D eigenvalue weighted by Crippen LogP contribution is -2.60. The topological polar surface area (TPSA) is 140 Å². The Kier molecular flexibility index (Phi) is 6.18. The molecule has 6 N–H and O–H groups in total. The number of aliphatic hydroxyl groups is 4. The highest BCUT2D eigenvalue weighted by Crippen LogP contribution is 2.26. The fourth-order valence-electron chi connectivity index (χ4n) is 2.82. The van der Waals surface area contributed by atoms with Crippen LogP contribution in [-0.4, -0.2) is 68.0 Å². The lowest BCUT2D eigenvalue weighted by atomic mass is 9.99. The van der Waals surface area contributed by atoms with Crippen molar-refractivity contribution in [3.8, 4) is 17.2 Å². The Morgan fingerprint density at radius 1 is 0.893 bits per heavy atom. The molecule has 8 nitrogen and oxygen atoms in total. The molecule has 0 unspecified atom stereocenters. The molecule has 0 amide bonds. The van der Waals surface area contributed by atoms with Gasteiger partial charge in [0.25, 0.3) is 0 Å². The van der Waals surface area contributed by atoms with Crippen LogP contribution < -0.4 is 4.74 Å². The lowest BCUT2D eigenvalue weighted by Gasteiger charge is -2.39. The summed E-state index contributed by atoms with van der Waals surface area (Å²) in [5.74, 6) is 0.289. The number of phenolic OH excluding ortho intramolecular Hbond substituents is 2. The first kappa shape index (κ1) is 20.1. The van der Waals surface area contributed by atoms with Gasteiger partial charge in [-0.1, -0.05) is 24.3 Å². The normalized spacial score (nSPS) is 27.8. The average Bonchev–Trinajstić information content (AvgIpc) is 2.69. The van der Waals surface area contributed by atoms with Crippen molar-refractivity contribution in [2.24, 2.45) is 0 Å². The van der Waals surface area contributed by atoms with Crippen LogP contribution in [0.25, 0.3) is 12.2 Å². The van der Waals surface area contributed by atoms with E-state index in [2.05, 4.69) is 0 Å². The molecule has 8 heteroatoms. The molecule has 5 atom stereocenters. The summed E-state index contributed by atoms with van der Waals surface area (Å²) in [6.45, 7) is -0.529. The summed E-state index contributed by atoms with van der Waals surface area (Å²) in [5, 5.41) is 57.8. The first-order valence-electron chi connectivity index (χ1n) is 8.66. The van der Waals surface area contributed by atoms with Crippen LogP contribution in [0.3, 0.4) is 0 Å². The van der Waals surface area contributed by atoms with Crippen LogP contribution in [0.5, 0.6) is 17.2 Å². The van der Waals surface area contributed by atoms with E-state index in [0.717, 1.165) is 5.56 Å². The van der Waals surface area contributed by atoms with E-state index in [4.69, 9.17) is 9.47 Å². The molecule has 1 aliphatic rings. The Bertz CT molecular complexity index is 817. The Hall–Kier alpha value is -2.62. The molecule has 3 rings (SSSR count). The predicted octanol–water partition coefficient (Wildman–Crippen LogP) is 0.447. The van der Waals surface area contributed by atoms with Crippen molar-refractivity contribution in [3.63, 3.8) is 0 Å². The molecule has 1 heterocycles. The maximum Gasteiger partial charge on any atom is 0.229 e. The highest BCUT2D eigenvalue weighted by atomic mass is 16.7. The van der Waals surface area contributed by atoms with Gasteiger partial charge in [0.15, 0.2) is 0 Å². The zero-order chi connectivity index (χ0) is 20.3. The van der Waals surface area contributed by atoms with Crippen LogP contribution in [0.1, 0.15) is 11.1 Å². The minimum absolute atomic E-state index is 0.0238. The molecule has 0 bridgehead atoms. The van der Waals surface area contributed by atoms with Crippen molar-refractivity contribution in [2.45, 2.75) is 30.7 Å². The number of rotatable bonds is 5. The van der Waals surface area contributed by atoms with E-state index in [1.807, 2.05) is 0 Å². The van der Waals surface area contributed by atoms with Gasteiger partial charge in [0.1, 0.15) is 41.7 Å². The molecular formula is C20H22O8. The summed E-state index contributed by atoms with van der Waals surface area (Å²) in [6.07, 6.45) is -3.27. The van der Waals surface area contributed by atoms with E-state index < -0.39 is 37.3 Å². The van der Waals surface area contributed by atoms with Crippen molar-refractivity contribution in [1.82, 2.24) is 0 Å². The molecule has 150 valence electrons. The van der Waals surface area contributed by atoms with Gasteiger partial charge >= 0.3 is 0 Å². The number of aliphatic hydroxyl groups excluding tert-OH is 4. The van der Waals surface area contributed by atoms with Gasteiger partial charge < -0.3 is 40.1 Å². The van der Waals surface area contributed by atoms with Crippen LogP contribution in [0.4, 0.5) is 0 Å². The zero-order valence-corrected chi connectivity index (χ0v) is 14.8. The van der Waals surface area contributed by atoms with Gasteiger partial charge in [-0.15, -0.1) is 0 Å². The molecule has 0 saturated carbocycles. The third-order valence-corrected chi connectivity index (χ3v) is 4.45. The number of ether oxygens (including phenoxy) is 2. The highest BCUT2D eigenvalue weighted by molar-refractivity contribution is 5.73. The van der Waals surface area contributed by atoms with E-state index in [9.17, 15) is 30.6 Å². The van der Waals surface area contributed by atoms with Gasteiger partial charge in [0.2, 0.25) is 6.29 Å². The molecule has 28 heavy (non-hydrogen) atoms. The minimum Gasteiger partial charge on any atom is -0.508 e. The fourth-order valence-corrected chi connectivity index (χ4v) is 2.82. The van der Waals surface area contributed by atoms with Crippen LogP contribution >= 0.6 is 0 Å². The summed E-state index contributed by atoms with van der Waals surface area (Å²) in [4.78, 5) is 0. The standard InChI is InChI=1S/C20H22O8/c21-10-16-17(24)18(25)19(26)20(28-16)27-14-7-2-11(3-8-14)1-4-12-5-6-13(22)9-15(12)23/h1-9,16-26H,10H2/t16-,17-,18+,19-,20-/m1/s1. The molecule has 0 radical (unpaired) electrons. The summed E-state index contributed by atoms with van der Waals surface area (Å²) >= 11 is 0. The second-order valence-corrected chi connectivity index (χ2v) is 6.46. The molecular weight excluding hydrogens is 368 g/mol. The van der Waals surface area contributed by atoms with Gasteiger partial charge in [-0.05, 0) is 29.8 Å². The Balaban J connectivity index is 1.66. The van der Waals surface area contributed by atoms with E-state index in [0.29, 0.717) is 11.3 Å². The minimum atomic E-state index is -1.50. The van der Waals surface area contributed by atoms with E-state index in [1.54, 1.807) is 42.5 Å². The SMILES string of the molecule is OC[C@H]1O[C@@H](Oc2ccc(C=Cc3ccc(O)cc3O)cc2)[C@H](O)[C@@H](O)[C@@H]1O. The largest absolute Gasteiger partial charge is 0.508 e. The van der Waals surface area contributed by atoms with Gasteiger partial charge in [-0.2, -0.15) is 0 Å². The van der Waals surface area contributed by atoms with Crippen LogP contribution in [-0.2, 0) is 4.74 Å². The lowest BCUT2D eigenvalue weighted by molar-refractivity contribution is -0.277. The molecule has 0 spiro atoms. The Morgan fingerprint density at radius 2 is 1.61 bits per heavy atom. The molecule has 2 aromatic rings. The van der Waals surface area contributed by atoms with Crippen molar-refractivity contribution in [3.05, 3.63) is 53.6 Å². The van der Waals surface area contributed by atoms with Crippen LogP contribution in [0, 0.1) is 0 Å². The number of benzene rings is 2. The molecule has 1 saturated heterocycles. The average molecular weight is 390 g/mol. The van der Waals surface area contributed by atoms with Crippen LogP contribution in [0.15, 0.2) is 42.5 Å².